The van der Waals surface area contributed by atoms with E-state index < -0.39 is 11.7 Å². The molecular formula is C10H23N3O2. The van der Waals surface area contributed by atoms with Crippen LogP contribution in [-0.2, 0) is 4.74 Å². The highest BCUT2D eigenvalue weighted by molar-refractivity contribution is 5.67. The minimum atomic E-state index is -0.449. The van der Waals surface area contributed by atoms with E-state index in [1.54, 1.807) is 5.01 Å². The molecule has 0 heterocycles. The Hall–Kier alpha value is -0.810. The summed E-state index contributed by atoms with van der Waals surface area (Å²) < 4.78 is 5.07. The van der Waals surface area contributed by atoms with E-state index in [1.165, 1.54) is 0 Å². The first-order chi connectivity index (χ1) is 6.85. The molecule has 1 amide bonds. The topological polar surface area (TPSA) is 67.6 Å². The SMILES string of the molecule is CCCN(N)CCNC(=O)OC(C)(C)C. The molecule has 0 saturated carbocycles. The molecule has 0 aliphatic carbocycles. The maximum atomic E-state index is 11.2. The van der Waals surface area contributed by atoms with Crippen LogP contribution in [0, 0.1) is 0 Å². The number of carbonyl (C=O) groups is 1. The highest BCUT2D eigenvalue weighted by atomic mass is 16.6. The Balaban J connectivity index is 3.55. The molecule has 0 atom stereocenters. The molecular weight excluding hydrogens is 194 g/mol. The molecule has 0 aromatic heterocycles. The summed E-state index contributed by atoms with van der Waals surface area (Å²) in [6, 6.07) is 0. The van der Waals surface area contributed by atoms with Gasteiger partial charge in [-0.05, 0) is 27.2 Å². The lowest BCUT2D eigenvalue weighted by Crippen LogP contribution is -2.41. The molecule has 0 unspecified atom stereocenters. The Morgan fingerprint density at radius 2 is 2.00 bits per heavy atom. The maximum Gasteiger partial charge on any atom is 0.407 e. The van der Waals surface area contributed by atoms with Crippen molar-refractivity contribution in [1.29, 1.82) is 0 Å². The van der Waals surface area contributed by atoms with Crippen LogP contribution in [0.1, 0.15) is 34.1 Å². The van der Waals surface area contributed by atoms with E-state index >= 15 is 0 Å². The fraction of sp³-hybridized carbons (Fsp3) is 0.900. The second kappa shape index (κ2) is 6.63. The van der Waals surface area contributed by atoms with Crippen LogP contribution in [-0.4, -0.2) is 36.3 Å². The van der Waals surface area contributed by atoms with Gasteiger partial charge >= 0.3 is 6.09 Å². The quantitative estimate of drug-likeness (QED) is 0.534. The second-order valence-corrected chi connectivity index (χ2v) is 4.46. The van der Waals surface area contributed by atoms with E-state index in [2.05, 4.69) is 12.2 Å². The van der Waals surface area contributed by atoms with Gasteiger partial charge in [0.25, 0.3) is 0 Å². The first kappa shape index (κ1) is 14.2. The summed E-state index contributed by atoms with van der Waals surface area (Å²) in [5.74, 6) is 5.64. The lowest BCUT2D eigenvalue weighted by molar-refractivity contribution is 0.0522. The van der Waals surface area contributed by atoms with Crippen molar-refractivity contribution in [2.75, 3.05) is 19.6 Å². The third kappa shape index (κ3) is 9.49. The zero-order valence-corrected chi connectivity index (χ0v) is 10.2. The monoisotopic (exact) mass is 217 g/mol. The van der Waals surface area contributed by atoms with E-state index in [9.17, 15) is 4.79 Å². The molecule has 0 aromatic carbocycles. The molecule has 15 heavy (non-hydrogen) atoms. The van der Waals surface area contributed by atoms with Gasteiger partial charge < -0.3 is 10.1 Å². The smallest absolute Gasteiger partial charge is 0.407 e. The van der Waals surface area contributed by atoms with Gasteiger partial charge in [-0.3, -0.25) is 5.84 Å². The van der Waals surface area contributed by atoms with Crippen molar-refractivity contribution >= 4 is 6.09 Å². The van der Waals surface area contributed by atoms with Crippen LogP contribution in [0.25, 0.3) is 0 Å². The van der Waals surface area contributed by atoms with Crippen LogP contribution in [0.2, 0.25) is 0 Å². The molecule has 0 aliphatic heterocycles. The second-order valence-electron chi connectivity index (χ2n) is 4.46. The van der Waals surface area contributed by atoms with Gasteiger partial charge in [-0.2, -0.15) is 0 Å². The Labute approximate surface area is 91.9 Å². The van der Waals surface area contributed by atoms with E-state index in [-0.39, 0.29) is 0 Å². The van der Waals surface area contributed by atoms with E-state index in [1.807, 2.05) is 20.8 Å². The molecule has 0 radical (unpaired) electrons. The van der Waals surface area contributed by atoms with Crippen LogP contribution in [0.3, 0.4) is 0 Å². The predicted molar refractivity (Wildman–Crippen MR) is 60.3 cm³/mol. The standard InChI is InChI=1S/C10H23N3O2/c1-5-7-13(11)8-6-12-9(14)15-10(2,3)4/h5-8,11H2,1-4H3,(H,12,14). The number of rotatable bonds is 5. The van der Waals surface area contributed by atoms with Gasteiger partial charge in [-0.25, -0.2) is 9.80 Å². The Morgan fingerprint density at radius 1 is 1.40 bits per heavy atom. The van der Waals surface area contributed by atoms with E-state index in [0.29, 0.717) is 13.1 Å². The van der Waals surface area contributed by atoms with Crippen molar-refractivity contribution in [2.45, 2.75) is 39.7 Å². The van der Waals surface area contributed by atoms with Crippen molar-refractivity contribution in [3.8, 4) is 0 Å². The summed E-state index contributed by atoms with van der Waals surface area (Å²) in [5.41, 5.74) is -0.449. The molecule has 0 saturated heterocycles. The number of nitrogens with one attached hydrogen (secondary N) is 1. The number of ether oxygens (including phenoxy) is 1. The fourth-order valence-corrected chi connectivity index (χ4v) is 1.01. The number of amides is 1. The van der Waals surface area contributed by atoms with Crippen LogP contribution in [0.4, 0.5) is 4.79 Å². The number of hydrogen-bond acceptors (Lipinski definition) is 4. The molecule has 0 bridgehead atoms. The minimum Gasteiger partial charge on any atom is -0.444 e. The van der Waals surface area contributed by atoms with Crippen molar-refractivity contribution in [3.63, 3.8) is 0 Å². The van der Waals surface area contributed by atoms with Crippen LogP contribution >= 0.6 is 0 Å². The van der Waals surface area contributed by atoms with Gasteiger partial charge in [0.15, 0.2) is 0 Å². The number of nitrogens with two attached hydrogens (primary N) is 1. The first-order valence-corrected chi connectivity index (χ1v) is 5.31. The molecule has 3 N–H and O–H groups in total. The lowest BCUT2D eigenvalue weighted by atomic mass is 10.2. The lowest BCUT2D eigenvalue weighted by Gasteiger charge is -2.20. The van der Waals surface area contributed by atoms with Crippen molar-refractivity contribution in [2.24, 2.45) is 5.84 Å². The number of nitrogens with zero attached hydrogens (tertiary/aromatic N) is 1. The van der Waals surface area contributed by atoms with Gasteiger partial charge in [-0.1, -0.05) is 6.92 Å². The number of carbonyl (C=O) groups excluding carboxylic acids is 1. The summed E-state index contributed by atoms with van der Waals surface area (Å²) in [4.78, 5) is 11.2. The molecule has 0 rings (SSSR count). The summed E-state index contributed by atoms with van der Waals surface area (Å²) >= 11 is 0. The zero-order valence-electron chi connectivity index (χ0n) is 10.2. The van der Waals surface area contributed by atoms with Crippen LogP contribution < -0.4 is 11.2 Å². The van der Waals surface area contributed by atoms with Crippen molar-refractivity contribution < 1.29 is 9.53 Å². The Bertz CT molecular complexity index is 190. The van der Waals surface area contributed by atoms with Gasteiger partial charge in [0.05, 0.1) is 0 Å². The first-order valence-electron chi connectivity index (χ1n) is 5.31. The number of alkyl carbamates (subject to hydrolysis) is 1. The Kier molecular flexibility index (Phi) is 6.27. The molecule has 5 heteroatoms. The van der Waals surface area contributed by atoms with Crippen LogP contribution in [0.5, 0.6) is 0 Å². The minimum absolute atomic E-state index is 0.396. The highest BCUT2D eigenvalue weighted by Crippen LogP contribution is 2.05. The Morgan fingerprint density at radius 3 is 2.47 bits per heavy atom. The predicted octanol–water partition coefficient (Wildman–Crippen LogP) is 1.10. The van der Waals surface area contributed by atoms with Gasteiger partial charge in [0.1, 0.15) is 5.60 Å². The molecule has 0 aliphatic rings. The van der Waals surface area contributed by atoms with Gasteiger partial charge in [0, 0.05) is 19.6 Å². The summed E-state index contributed by atoms with van der Waals surface area (Å²) in [7, 11) is 0. The number of hydrazine groups is 1. The van der Waals surface area contributed by atoms with Crippen molar-refractivity contribution in [3.05, 3.63) is 0 Å². The molecule has 0 spiro atoms. The average molecular weight is 217 g/mol. The third-order valence-corrected chi connectivity index (χ3v) is 1.58. The number of hydrogen-bond donors (Lipinski definition) is 2. The molecule has 0 aromatic rings. The van der Waals surface area contributed by atoms with E-state index in [0.717, 1.165) is 13.0 Å². The zero-order chi connectivity index (χ0) is 11.9. The molecule has 5 nitrogen and oxygen atoms in total. The van der Waals surface area contributed by atoms with Crippen molar-refractivity contribution in [1.82, 2.24) is 10.3 Å². The third-order valence-electron chi connectivity index (χ3n) is 1.58. The summed E-state index contributed by atoms with van der Waals surface area (Å²) in [6.07, 6.45) is 0.607. The molecule has 90 valence electrons. The normalized spacial score (nSPS) is 11.6. The van der Waals surface area contributed by atoms with Gasteiger partial charge in [0.2, 0.25) is 0 Å². The molecule has 0 fully saturated rings. The largest absolute Gasteiger partial charge is 0.444 e. The van der Waals surface area contributed by atoms with Gasteiger partial charge in [-0.15, -0.1) is 0 Å². The average Bonchev–Trinajstić information content (AvgIpc) is 2.00. The van der Waals surface area contributed by atoms with Crippen LogP contribution in [0.15, 0.2) is 0 Å². The van der Waals surface area contributed by atoms with E-state index in [4.69, 9.17) is 10.6 Å². The highest BCUT2D eigenvalue weighted by Gasteiger charge is 2.15. The summed E-state index contributed by atoms with van der Waals surface area (Å²) in [6.45, 7) is 9.52. The fourth-order valence-electron chi connectivity index (χ4n) is 1.01. The maximum absolute atomic E-state index is 11.2. The summed E-state index contributed by atoms with van der Waals surface area (Å²) in [5, 5.41) is 4.32.